The molecule has 5 nitrogen and oxygen atoms in total. The molecule has 1 aromatic carbocycles. The van der Waals surface area contributed by atoms with E-state index in [4.69, 9.17) is 13.9 Å². The highest BCUT2D eigenvalue weighted by atomic mass is 16.5. The first kappa shape index (κ1) is 14.5. The minimum Gasteiger partial charge on any atom is -0.497 e. The Labute approximate surface area is 129 Å². The second-order valence-electron chi connectivity index (χ2n) is 5.26. The number of carbonyl (C=O) groups is 1. The van der Waals surface area contributed by atoms with Crippen molar-refractivity contribution in [2.45, 2.75) is 18.9 Å². The lowest BCUT2D eigenvalue weighted by Gasteiger charge is -2.31. The van der Waals surface area contributed by atoms with Crippen molar-refractivity contribution in [3.05, 3.63) is 48.4 Å². The molecule has 0 saturated carbocycles. The minimum atomic E-state index is -0.0482. The van der Waals surface area contributed by atoms with Crippen molar-refractivity contribution in [3.63, 3.8) is 0 Å². The Hall–Kier alpha value is -2.43. The Morgan fingerprint density at radius 1 is 1.14 bits per heavy atom. The summed E-state index contributed by atoms with van der Waals surface area (Å²) < 4.78 is 16.2. The topological polar surface area (TPSA) is 51.9 Å². The molecule has 1 aliphatic heterocycles. The standard InChI is InChI=1S/C17H19NO4/c1-20-13-4-6-14(7-5-13)22-15-8-10-18(11-9-15)17(19)16-3-2-12-21-16/h2-7,12,15H,8-11H2,1H3. The summed E-state index contributed by atoms with van der Waals surface area (Å²) in [5.41, 5.74) is 0. The van der Waals surface area contributed by atoms with Crippen LogP contribution in [-0.2, 0) is 0 Å². The number of hydrogen-bond donors (Lipinski definition) is 0. The fraction of sp³-hybridized carbons (Fsp3) is 0.353. The summed E-state index contributed by atoms with van der Waals surface area (Å²) in [7, 11) is 1.64. The van der Waals surface area contributed by atoms with E-state index in [1.54, 1.807) is 19.2 Å². The molecule has 3 rings (SSSR count). The summed E-state index contributed by atoms with van der Waals surface area (Å²) in [5.74, 6) is 1.99. The summed E-state index contributed by atoms with van der Waals surface area (Å²) in [5, 5.41) is 0. The van der Waals surface area contributed by atoms with Gasteiger partial charge in [-0.25, -0.2) is 0 Å². The number of ether oxygens (including phenoxy) is 2. The van der Waals surface area contributed by atoms with Crippen LogP contribution in [0.3, 0.4) is 0 Å². The number of hydrogen-bond acceptors (Lipinski definition) is 4. The number of carbonyl (C=O) groups excluding carboxylic acids is 1. The zero-order chi connectivity index (χ0) is 15.4. The van der Waals surface area contributed by atoms with Crippen LogP contribution < -0.4 is 9.47 Å². The highest BCUT2D eigenvalue weighted by Crippen LogP contribution is 2.22. The third-order valence-corrected chi connectivity index (χ3v) is 3.82. The maximum atomic E-state index is 12.2. The molecule has 0 atom stereocenters. The molecule has 1 fully saturated rings. The third kappa shape index (κ3) is 3.24. The van der Waals surface area contributed by atoms with Gasteiger partial charge in [-0.2, -0.15) is 0 Å². The van der Waals surface area contributed by atoms with Crippen LogP contribution in [0.25, 0.3) is 0 Å². The van der Waals surface area contributed by atoms with Crippen LogP contribution in [0.4, 0.5) is 0 Å². The largest absolute Gasteiger partial charge is 0.497 e. The van der Waals surface area contributed by atoms with E-state index < -0.39 is 0 Å². The van der Waals surface area contributed by atoms with E-state index in [0.717, 1.165) is 24.3 Å². The number of nitrogens with zero attached hydrogens (tertiary/aromatic N) is 1. The molecule has 0 N–H and O–H groups in total. The van der Waals surface area contributed by atoms with Crippen LogP contribution in [0.15, 0.2) is 47.1 Å². The maximum Gasteiger partial charge on any atom is 0.289 e. The summed E-state index contributed by atoms with van der Waals surface area (Å²) >= 11 is 0. The molecule has 0 radical (unpaired) electrons. The predicted octanol–water partition coefficient (Wildman–Crippen LogP) is 2.97. The van der Waals surface area contributed by atoms with Crippen molar-refractivity contribution in [2.24, 2.45) is 0 Å². The first-order valence-corrected chi connectivity index (χ1v) is 7.40. The van der Waals surface area contributed by atoms with Gasteiger partial charge in [0.2, 0.25) is 0 Å². The molecule has 5 heteroatoms. The van der Waals surface area contributed by atoms with Gasteiger partial charge in [0.25, 0.3) is 5.91 Å². The van der Waals surface area contributed by atoms with Crippen molar-refractivity contribution in [1.82, 2.24) is 4.90 Å². The Morgan fingerprint density at radius 3 is 2.41 bits per heavy atom. The Morgan fingerprint density at radius 2 is 1.82 bits per heavy atom. The Bertz CT molecular complexity index is 598. The number of piperidine rings is 1. The first-order chi connectivity index (χ1) is 10.8. The predicted molar refractivity (Wildman–Crippen MR) is 81.3 cm³/mol. The van der Waals surface area contributed by atoms with Gasteiger partial charge in [-0.1, -0.05) is 0 Å². The number of amides is 1. The van der Waals surface area contributed by atoms with Crippen LogP contribution in [0.5, 0.6) is 11.5 Å². The molecule has 0 unspecified atom stereocenters. The van der Waals surface area contributed by atoms with Crippen LogP contribution in [-0.4, -0.2) is 37.1 Å². The summed E-state index contributed by atoms with van der Waals surface area (Å²) in [6, 6.07) is 11.0. The molecule has 1 amide bonds. The molecule has 0 bridgehead atoms. The molecule has 1 saturated heterocycles. The van der Waals surface area contributed by atoms with E-state index in [2.05, 4.69) is 0 Å². The second kappa shape index (κ2) is 6.56. The second-order valence-corrected chi connectivity index (χ2v) is 5.26. The van der Waals surface area contributed by atoms with Crippen molar-refractivity contribution in [3.8, 4) is 11.5 Å². The van der Waals surface area contributed by atoms with E-state index in [1.165, 1.54) is 6.26 Å². The van der Waals surface area contributed by atoms with Crippen LogP contribution in [0.2, 0.25) is 0 Å². The van der Waals surface area contributed by atoms with Gasteiger partial charge in [-0.15, -0.1) is 0 Å². The highest BCUT2D eigenvalue weighted by Gasteiger charge is 2.25. The molecule has 1 aromatic heterocycles. The lowest BCUT2D eigenvalue weighted by molar-refractivity contribution is 0.0566. The van der Waals surface area contributed by atoms with Crippen molar-refractivity contribution in [1.29, 1.82) is 0 Å². The zero-order valence-corrected chi connectivity index (χ0v) is 12.5. The average Bonchev–Trinajstić information content (AvgIpc) is 3.10. The summed E-state index contributed by atoms with van der Waals surface area (Å²) in [6.07, 6.45) is 3.29. The SMILES string of the molecule is COc1ccc(OC2CCN(C(=O)c3ccco3)CC2)cc1. The number of benzene rings is 1. The fourth-order valence-corrected chi connectivity index (χ4v) is 2.58. The van der Waals surface area contributed by atoms with Gasteiger partial charge in [-0.05, 0) is 36.4 Å². The molecule has 2 heterocycles. The quantitative estimate of drug-likeness (QED) is 0.871. The van der Waals surface area contributed by atoms with Gasteiger partial charge < -0.3 is 18.8 Å². The van der Waals surface area contributed by atoms with Crippen LogP contribution in [0.1, 0.15) is 23.4 Å². The van der Waals surface area contributed by atoms with E-state index in [-0.39, 0.29) is 12.0 Å². The minimum absolute atomic E-state index is 0.0482. The van der Waals surface area contributed by atoms with Gasteiger partial charge in [0.15, 0.2) is 5.76 Å². The van der Waals surface area contributed by atoms with E-state index in [1.807, 2.05) is 29.2 Å². The van der Waals surface area contributed by atoms with Gasteiger partial charge in [0.1, 0.15) is 17.6 Å². The van der Waals surface area contributed by atoms with Gasteiger partial charge in [-0.3, -0.25) is 4.79 Å². The van der Waals surface area contributed by atoms with Crippen LogP contribution in [0, 0.1) is 0 Å². The monoisotopic (exact) mass is 301 g/mol. The lowest BCUT2D eigenvalue weighted by Crippen LogP contribution is -2.41. The number of furan rings is 1. The summed E-state index contributed by atoms with van der Waals surface area (Å²) in [4.78, 5) is 14.0. The highest BCUT2D eigenvalue weighted by molar-refractivity contribution is 5.91. The Balaban J connectivity index is 1.52. The maximum absolute atomic E-state index is 12.2. The molecule has 116 valence electrons. The van der Waals surface area contributed by atoms with Crippen molar-refractivity contribution in [2.75, 3.05) is 20.2 Å². The molecule has 2 aromatic rings. The Kier molecular flexibility index (Phi) is 4.32. The van der Waals surface area contributed by atoms with Crippen LogP contribution >= 0.6 is 0 Å². The average molecular weight is 301 g/mol. The number of likely N-dealkylation sites (tertiary alicyclic amines) is 1. The molecule has 22 heavy (non-hydrogen) atoms. The molecular formula is C17H19NO4. The molecule has 0 aliphatic carbocycles. The van der Waals surface area contributed by atoms with Gasteiger partial charge >= 0.3 is 0 Å². The first-order valence-electron chi connectivity index (χ1n) is 7.40. The molecule has 0 spiro atoms. The van der Waals surface area contributed by atoms with E-state index >= 15 is 0 Å². The number of methoxy groups -OCH3 is 1. The fourth-order valence-electron chi connectivity index (χ4n) is 2.58. The summed E-state index contributed by atoms with van der Waals surface area (Å²) in [6.45, 7) is 1.36. The molecular weight excluding hydrogens is 282 g/mol. The van der Waals surface area contributed by atoms with Gasteiger partial charge in [0.05, 0.1) is 13.4 Å². The normalized spacial score (nSPS) is 15.6. The van der Waals surface area contributed by atoms with Gasteiger partial charge in [0, 0.05) is 25.9 Å². The third-order valence-electron chi connectivity index (χ3n) is 3.82. The lowest BCUT2D eigenvalue weighted by atomic mass is 10.1. The van der Waals surface area contributed by atoms with Crippen molar-refractivity contribution >= 4 is 5.91 Å². The smallest absolute Gasteiger partial charge is 0.289 e. The molecule has 1 aliphatic rings. The number of rotatable bonds is 4. The van der Waals surface area contributed by atoms with E-state index in [0.29, 0.717) is 18.8 Å². The zero-order valence-electron chi connectivity index (χ0n) is 12.5. The van der Waals surface area contributed by atoms with E-state index in [9.17, 15) is 4.79 Å². The van der Waals surface area contributed by atoms with Crippen molar-refractivity contribution < 1.29 is 18.7 Å².